The molecule has 0 spiro atoms. The Bertz CT molecular complexity index is 590. The van der Waals surface area contributed by atoms with Crippen molar-refractivity contribution in [1.82, 2.24) is 15.5 Å². The number of nitrogens with one attached hydrogen (secondary N) is 2. The Labute approximate surface area is 208 Å². The standard InChI is InChI=1S/C23H39F6N3O4/c1-2-3-4-13-18-36-21(35)32(16-11-7-5-9-14-30-19(33)22(24,25)26)17-12-8-6-10-15-31-20(34)23(27,28)29/h2-18H2,1H3,(H,30,33)(H,31,34). The molecular formula is C23H39F6N3O4. The maximum atomic E-state index is 12.4. The number of unbranched alkanes of at least 4 members (excludes halogenated alkanes) is 9. The highest BCUT2D eigenvalue weighted by Crippen LogP contribution is 2.15. The summed E-state index contributed by atoms with van der Waals surface area (Å²) in [6.45, 7) is 3.04. The van der Waals surface area contributed by atoms with E-state index in [1.807, 2.05) is 10.6 Å². The second-order valence-corrected chi connectivity index (χ2v) is 8.50. The zero-order valence-corrected chi connectivity index (χ0v) is 20.9. The van der Waals surface area contributed by atoms with Gasteiger partial charge in [-0.2, -0.15) is 26.3 Å². The fraction of sp³-hybridized carbons (Fsp3) is 0.870. The molecule has 36 heavy (non-hydrogen) atoms. The van der Waals surface area contributed by atoms with Crippen LogP contribution in [0, 0.1) is 0 Å². The van der Waals surface area contributed by atoms with E-state index in [1.54, 1.807) is 4.90 Å². The summed E-state index contributed by atoms with van der Waals surface area (Å²) in [6, 6.07) is 0. The zero-order valence-electron chi connectivity index (χ0n) is 20.9. The summed E-state index contributed by atoms with van der Waals surface area (Å²) in [7, 11) is 0. The van der Waals surface area contributed by atoms with Gasteiger partial charge in [0.2, 0.25) is 0 Å². The molecule has 0 aromatic carbocycles. The van der Waals surface area contributed by atoms with E-state index in [9.17, 15) is 40.7 Å². The fourth-order valence-electron chi connectivity index (χ4n) is 3.24. The third kappa shape index (κ3) is 18.1. The molecule has 0 aromatic rings. The van der Waals surface area contributed by atoms with Gasteiger partial charge < -0.3 is 20.3 Å². The van der Waals surface area contributed by atoms with Crippen LogP contribution in [0.15, 0.2) is 0 Å². The Balaban J connectivity index is 4.26. The lowest BCUT2D eigenvalue weighted by molar-refractivity contribution is -0.173. The summed E-state index contributed by atoms with van der Waals surface area (Å²) in [5.41, 5.74) is 0. The van der Waals surface area contributed by atoms with Crippen molar-refractivity contribution < 1.29 is 45.5 Å². The minimum absolute atomic E-state index is 0.0781. The topological polar surface area (TPSA) is 87.7 Å². The van der Waals surface area contributed by atoms with Crippen molar-refractivity contribution in [3.63, 3.8) is 0 Å². The van der Waals surface area contributed by atoms with Gasteiger partial charge in [-0.1, -0.05) is 51.9 Å². The van der Waals surface area contributed by atoms with Crippen molar-refractivity contribution >= 4 is 17.9 Å². The fourth-order valence-corrected chi connectivity index (χ4v) is 3.24. The maximum absolute atomic E-state index is 12.4. The van der Waals surface area contributed by atoms with Crippen molar-refractivity contribution in [3.8, 4) is 0 Å². The lowest BCUT2D eigenvalue weighted by Gasteiger charge is -2.22. The summed E-state index contributed by atoms with van der Waals surface area (Å²) in [6.07, 6.45) is -1.93. The van der Waals surface area contributed by atoms with Gasteiger partial charge in [-0.15, -0.1) is 0 Å². The molecule has 212 valence electrons. The molecule has 3 amide bonds. The van der Waals surface area contributed by atoms with Crippen molar-refractivity contribution in [2.45, 2.75) is 96.3 Å². The zero-order chi connectivity index (χ0) is 27.5. The molecule has 0 atom stereocenters. The van der Waals surface area contributed by atoms with Gasteiger partial charge in [0.05, 0.1) is 6.61 Å². The highest BCUT2D eigenvalue weighted by molar-refractivity contribution is 5.81. The van der Waals surface area contributed by atoms with Crippen LogP contribution in [-0.4, -0.2) is 67.9 Å². The van der Waals surface area contributed by atoms with Crippen LogP contribution in [0.1, 0.15) is 84.0 Å². The van der Waals surface area contributed by atoms with E-state index in [0.717, 1.165) is 25.7 Å². The summed E-state index contributed by atoms with van der Waals surface area (Å²) in [5.74, 6) is -3.92. The van der Waals surface area contributed by atoms with Crippen LogP contribution in [-0.2, 0) is 14.3 Å². The first kappa shape index (κ1) is 33.8. The number of halogens is 6. The largest absolute Gasteiger partial charge is 0.471 e. The lowest BCUT2D eigenvalue weighted by atomic mass is 10.1. The van der Waals surface area contributed by atoms with Crippen molar-refractivity contribution in [2.24, 2.45) is 0 Å². The lowest BCUT2D eigenvalue weighted by Crippen LogP contribution is -2.37. The Kier molecular flexibility index (Phi) is 17.8. The molecule has 7 nitrogen and oxygen atoms in total. The van der Waals surface area contributed by atoms with Crippen LogP contribution in [0.3, 0.4) is 0 Å². The molecule has 2 N–H and O–H groups in total. The number of hydrogen-bond donors (Lipinski definition) is 2. The van der Waals surface area contributed by atoms with Crippen molar-refractivity contribution in [3.05, 3.63) is 0 Å². The molecule has 0 fully saturated rings. The molecule has 0 rings (SSSR count). The van der Waals surface area contributed by atoms with Gasteiger partial charge in [0.15, 0.2) is 0 Å². The third-order valence-electron chi connectivity index (χ3n) is 5.28. The number of carbonyl (C=O) groups is 3. The summed E-state index contributed by atoms with van der Waals surface area (Å²) >= 11 is 0. The van der Waals surface area contributed by atoms with Gasteiger partial charge in [-0.25, -0.2) is 4.79 Å². The molecule has 0 unspecified atom stereocenters. The number of rotatable bonds is 19. The van der Waals surface area contributed by atoms with Crippen LogP contribution < -0.4 is 10.6 Å². The minimum atomic E-state index is -4.89. The van der Waals surface area contributed by atoms with Gasteiger partial charge in [-0.05, 0) is 32.1 Å². The number of amides is 3. The molecule has 0 bridgehead atoms. The molecule has 13 heteroatoms. The van der Waals surface area contributed by atoms with Gasteiger partial charge in [0, 0.05) is 26.2 Å². The number of nitrogens with zero attached hydrogens (tertiary/aromatic N) is 1. The normalized spacial score (nSPS) is 11.8. The van der Waals surface area contributed by atoms with Crippen LogP contribution in [0.25, 0.3) is 0 Å². The van der Waals surface area contributed by atoms with Crippen molar-refractivity contribution in [2.75, 3.05) is 32.8 Å². The smallest absolute Gasteiger partial charge is 0.449 e. The third-order valence-corrected chi connectivity index (χ3v) is 5.28. The summed E-state index contributed by atoms with van der Waals surface area (Å²) < 4.78 is 78.2. The van der Waals surface area contributed by atoms with Crippen LogP contribution >= 0.6 is 0 Å². The Morgan fingerprint density at radius 2 is 1.06 bits per heavy atom. The molecule has 0 saturated carbocycles. The molecule has 0 aliphatic rings. The molecule has 0 aliphatic carbocycles. The van der Waals surface area contributed by atoms with E-state index in [0.29, 0.717) is 71.1 Å². The van der Waals surface area contributed by atoms with Crippen LogP contribution in [0.2, 0.25) is 0 Å². The SMILES string of the molecule is CCCCCCOC(=O)N(CCCCCCNC(=O)C(F)(F)F)CCCCCCNC(=O)C(F)(F)F. The highest BCUT2D eigenvalue weighted by atomic mass is 19.4. The molecular weight excluding hydrogens is 496 g/mol. The quantitative estimate of drug-likeness (QED) is 0.169. The summed E-state index contributed by atoms with van der Waals surface area (Å²) in [5, 5.41) is 3.63. The predicted molar refractivity (Wildman–Crippen MR) is 122 cm³/mol. The monoisotopic (exact) mass is 535 g/mol. The van der Waals surface area contributed by atoms with Gasteiger partial charge in [0.1, 0.15) is 0 Å². The van der Waals surface area contributed by atoms with Gasteiger partial charge in [0.25, 0.3) is 0 Å². The first-order chi connectivity index (χ1) is 16.9. The predicted octanol–water partition coefficient (Wildman–Crippen LogP) is 5.48. The molecule has 0 saturated heterocycles. The number of carbonyl (C=O) groups excluding carboxylic acids is 3. The van der Waals surface area contributed by atoms with E-state index in [2.05, 4.69) is 6.92 Å². The molecule has 0 heterocycles. The Hall–Kier alpha value is -2.21. The Morgan fingerprint density at radius 3 is 1.47 bits per heavy atom. The van der Waals surface area contributed by atoms with Gasteiger partial charge in [-0.3, -0.25) is 9.59 Å². The second-order valence-electron chi connectivity index (χ2n) is 8.50. The number of alkyl halides is 6. The number of ether oxygens (including phenoxy) is 1. The molecule has 0 aliphatic heterocycles. The molecule has 0 radical (unpaired) electrons. The number of hydrogen-bond acceptors (Lipinski definition) is 4. The van der Waals surface area contributed by atoms with E-state index >= 15 is 0 Å². The molecule has 0 aromatic heterocycles. The van der Waals surface area contributed by atoms with E-state index < -0.39 is 30.3 Å². The van der Waals surface area contributed by atoms with Crippen LogP contribution in [0.5, 0.6) is 0 Å². The maximum Gasteiger partial charge on any atom is 0.471 e. The highest BCUT2D eigenvalue weighted by Gasteiger charge is 2.38. The van der Waals surface area contributed by atoms with Crippen molar-refractivity contribution in [1.29, 1.82) is 0 Å². The minimum Gasteiger partial charge on any atom is -0.449 e. The Morgan fingerprint density at radius 1 is 0.639 bits per heavy atom. The van der Waals surface area contributed by atoms with E-state index in [-0.39, 0.29) is 13.1 Å². The van der Waals surface area contributed by atoms with Gasteiger partial charge >= 0.3 is 30.3 Å². The first-order valence-corrected chi connectivity index (χ1v) is 12.5. The second kappa shape index (κ2) is 19.0. The average Bonchev–Trinajstić information content (AvgIpc) is 2.79. The van der Waals surface area contributed by atoms with Crippen LogP contribution in [0.4, 0.5) is 31.1 Å². The van der Waals surface area contributed by atoms with E-state index in [4.69, 9.17) is 4.74 Å². The summed E-state index contributed by atoms with van der Waals surface area (Å²) in [4.78, 5) is 35.5. The first-order valence-electron chi connectivity index (χ1n) is 12.5. The van der Waals surface area contributed by atoms with E-state index in [1.165, 1.54) is 0 Å². The average molecular weight is 536 g/mol.